The van der Waals surface area contributed by atoms with Crippen LogP contribution in [0, 0.1) is 0 Å². The van der Waals surface area contributed by atoms with E-state index in [4.69, 9.17) is 10.5 Å². The summed E-state index contributed by atoms with van der Waals surface area (Å²) in [5.74, 6) is 0.469. The molecule has 0 spiro atoms. The quantitative estimate of drug-likeness (QED) is 0.738. The lowest BCUT2D eigenvalue weighted by molar-refractivity contribution is -0.129. The van der Waals surface area contributed by atoms with E-state index in [0.717, 1.165) is 0 Å². The van der Waals surface area contributed by atoms with Gasteiger partial charge in [-0.2, -0.15) is 4.98 Å². The summed E-state index contributed by atoms with van der Waals surface area (Å²) in [7, 11) is 0. The van der Waals surface area contributed by atoms with E-state index in [1.807, 2.05) is 0 Å². The van der Waals surface area contributed by atoms with Crippen molar-refractivity contribution in [2.75, 3.05) is 44.3 Å². The SMILES string of the molecule is CCOC(=O)N1CCN(C(=O)CSc2n[nH]c(N)n2)CC1. The molecule has 0 bridgehead atoms. The maximum Gasteiger partial charge on any atom is 0.409 e. The van der Waals surface area contributed by atoms with Gasteiger partial charge in [0, 0.05) is 26.2 Å². The number of amides is 2. The number of carbonyl (C=O) groups is 2. The number of piperazine rings is 1. The zero-order chi connectivity index (χ0) is 15.2. The molecule has 0 atom stereocenters. The number of H-pyrrole nitrogens is 1. The molecule has 9 nitrogen and oxygen atoms in total. The van der Waals surface area contributed by atoms with E-state index in [0.29, 0.717) is 37.9 Å². The topological polar surface area (TPSA) is 117 Å². The number of thioether (sulfide) groups is 1. The first-order valence-electron chi connectivity index (χ1n) is 6.60. The minimum absolute atomic E-state index is 0.00752. The summed E-state index contributed by atoms with van der Waals surface area (Å²) in [5.41, 5.74) is 5.41. The number of nitrogen functional groups attached to an aromatic ring is 1. The molecule has 3 N–H and O–H groups in total. The van der Waals surface area contributed by atoms with Gasteiger partial charge in [-0.05, 0) is 6.92 Å². The molecule has 21 heavy (non-hydrogen) atoms. The van der Waals surface area contributed by atoms with Crippen LogP contribution in [-0.2, 0) is 9.53 Å². The van der Waals surface area contributed by atoms with Crippen LogP contribution in [0.5, 0.6) is 0 Å². The molecule has 0 radical (unpaired) electrons. The Kier molecular flexibility index (Phi) is 5.26. The Hall–Kier alpha value is -1.97. The van der Waals surface area contributed by atoms with Crippen LogP contribution in [0.3, 0.4) is 0 Å². The molecule has 1 saturated heterocycles. The van der Waals surface area contributed by atoms with E-state index >= 15 is 0 Å². The van der Waals surface area contributed by atoms with Gasteiger partial charge in [0.1, 0.15) is 0 Å². The fraction of sp³-hybridized carbons (Fsp3) is 0.636. The maximum absolute atomic E-state index is 12.1. The average Bonchev–Trinajstić information content (AvgIpc) is 2.91. The molecule has 2 amide bonds. The third-order valence-electron chi connectivity index (χ3n) is 2.97. The van der Waals surface area contributed by atoms with Gasteiger partial charge in [-0.3, -0.25) is 4.79 Å². The standard InChI is InChI=1S/C11H18N6O3S/c1-2-20-11(19)17-5-3-16(4-6-17)8(18)7-21-10-13-9(12)14-15-10/h2-7H2,1H3,(H3,12,13,14,15). The van der Waals surface area contributed by atoms with Crippen molar-refractivity contribution in [2.24, 2.45) is 0 Å². The molecule has 0 aromatic carbocycles. The van der Waals surface area contributed by atoms with E-state index in [9.17, 15) is 9.59 Å². The van der Waals surface area contributed by atoms with Crippen molar-refractivity contribution in [1.82, 2.24) is 25.0 Å². The number of aromatic nitrogens is 3. The second kappa shape index (κ2) is 7.16. The number of ether oxygens (including phenoxy) is 1. The predicted molar refractivity (Wildman–Crippen MR) is 76.7 cm³/mol. The van der Waals surface area contributed by atoms with E-state index in [2.05, 4.69) is 15.2 Å². The number of nitrogens with zero attached hydrogens (tertiary/aromatic N) is 4. The van der Waals surface area contributed by atoms with E-state index in [-0.39, 0.29) is 23.7 Å². The van der Waals surface area contributed by atoms with Gasteiger partial charge in [-0.1, -0.05) is 11.8 Å². The minimum Gasteiger partial charge on any atom is -0.450 e. The molecular weight excluding hydrogens is 296 g/mol. The van der Waals surface area contributed by atoms with Crippen molar-refractivity contribution < 1.29 is 14.3 Å². The Balaban J connectivity index is 1.74. The van der Waals surface area contributed by atoms with Gasteiger partial charge in [0.25, 0.3) is 0 Å². The number of nitrogens with one attached hydrogen (secondary N) is 1. The van der Waals surface area contributed by atoms with Crippen LogP contribution in [0.2, 0.25) is 0 Å². The Labute approximate surface area is 126 Å². The largest absolute Gasteiger partial charge is 0.450 e. The van der Waals surface area contributed by atoms with Crippen molar-refractivity contribution >= 4 is 29.7 Å². The van der Waals surface area contributed by atoms with Crippen molar-refractivity contribution in [3.63, 3.8) is 0 Å². The van der Waals surface area contributed by atoms with Crippen LogP contribution >= 0.6 is 11.8 Å². The van der Waals surface area contributed by atoms with Gasteiger partial charge in [-0.15, -0.1) is 5.10 Å². The van der Waals surface area contributed by atoms with Crippen LogP contribution in [0.4, 0.5) is 10.7 Å². The molecule has 0 aliphatic carbocycles. The summed E-state index contributed by atoms with van der Waals surface area (Å²) in [6.07, 6.45) is -0.324. The average molecular weight is 314 g/mol. The Morgan fingerprint density at radius 1 is 1.33 bits per heavy atom. The number of anilines is 1. The second-order valence-electron chi connectivity index (χ2n) is 4.36. The summed E-state index contributed by atoms with van der Waals surface area (Å²) in [4.78, 5) is 30.9. The molecule has 2 rings (SSSR count). The van der Waals surface area contributed by atoms with Gasteiger partial charge in [-0.25, -0.2) is 9.89 Å². The monoisotopic (exact) mass is 314 g/mol. The molecule has 0 unspecified atom stereocenters. The molecule has 1 aromatic heterocycles. The zero-order valence-corrected chi connectivity index (χ0v) is 12.6. The molecule has 1 aliphatic rings. The maximum atomic E-state index is 12.1. The molecule has 1 fully saturated rings. The summed E-state index contributed by atoms with van der Waals surface area (Å²) in [6, 6.07) is 0. The first-order chi connectivity index (χ1) is 10.1. The molecular formula is C11H18N6O3S. The van der Waals surface area contributed by atoms with Crippen LogP contribution in [0.15, 0.2) is 5.16 Å². The Morgan fingerprint density at radius 2 is 2.00 bits per heavy atom. The first-order valence-corrected chi connectivity index (χ1v) is 7.59. The molecule has 0 saturated carbocycles. The Bertz CT molecular complexity index is 500. The van der Waals surface area contributed by atoms with Crippen LogP contribution in [0.1, 0.15) is 6.92 Å². The van der Waals surface area contributed by atoms with Crippen molar-refractivity contribution in [3.8, 4) is 0 Å². The third kappa shape index (κ3) is 4.25. The predicted octanol–water partition coefficient (Wildman–Crippen LogP) is -0.220. The fourth-order valence-electron chi connectivity index (χ4n) is 1.89. The molecule has 10 heteroatoms. The van der Waals surface area contributed by atoms with Crippen LogP contribution < -0.4 is 5.73 Å². The Morgan fingerprint density at radius 3 is 2.57 bits per heavy atom. The zero-order valence-electron chi connectivity index (χ0n) is 11.7. The number of aromatic amines is 1. The van der Waals surface area contributed by atoms with Gasteiger partial charge >= 0.3 is 6.09 Å². The summed E-state index contributed by atoms with van der Waals surface area (Å²) < 4.78 is 4.93. The first kappa shape index (κ1) is 15.4. The van der Waals surface area contributed by atoms with Crippen molar-refractivity contribution in [1.29, 1.82) is 0 Å². The van der Waals surface area contributed by atoms with Gasteiger partial charge in [0.05, 0.1) is 12.4 Å². The molecule has 2 heterocycles. The summed E-state index contributed by atoms with van der Waals surface area (Å²) >= 11 is 1.23. The highest BCUT2D eigenvalue weighted by Crippen LogP contribution is 2.14. The number of nitrogens with two attached hydrogens (primary N) is 1. The number of carbonyl (C=O) groups excluding carboxylic acids is 2. The molecule has 1 aliphatic heterocycles. The molecule has 116 valence electrons. The number of hydrogen-bond donors (Lipinski definition) is 2. The number of hydrogen-bond acceptors (Lipinski definition) is 7. The van der Waals surface area contributed by atoms with Crippen LogP contribution in [0.25, 0.3) is 0 Å². The summed E-state index contributed by atoms with van der Waals surface area (Å²) in [5, 5.41) is 6.82. The third-order valence-corrected chi connectivity index (χ3v) is 3.80. The lowest BCUT2D eigenvalue weighted by atomic mass is 10.3. The lowest BCUT2D eigenvalue weighted by Gasteiger charge is -2.33. The van der Waals surface area contributed by atoms with Crippen LogP contribution in [-0.4, -0.2) is 75.5 Å². The highest BCUT2D eigenvalue weighted by atomic mass is 32.2. The van der Waals surface area contributed by atoms with Gasteiger partial charge < -0.3 is 20.3 Å². The summed E-state index contributed by atoms with van der Waals surface area (Å²) in [6.45, 7) is 4.12. The minimum atomic E-state index is -0.324. The highest BCUT2D eigenvalue weighted by Gasteiger charge is 2.24. The van der Waals surface area contributed by atoms with E-state index < -0.39 is 0 Å². The lowest BCUT2D eigenvalue weighted by Crippen LogP contribution is -2.51. The molecule has 1 aromatic rings. The van der Waals surface area contributed by atoms with Crippen molar-refractivity contribution in [2.45, 2.75) is 12.1 Å². The smallest absolute Gasteiger partial charge is 0.409 e. The van der Waals surface area contributed by atoms with E-state index in [1.165, 1.54) is 11.8 Å². The number of rotatable bonds is 4. The second-order valence-corrected chi connectivity index (χ2v) is 5.30. The van der Waals surface area contributed by atoms with Crippen molar-refractivity contribution in [3.05, 3.63) is 0 Å². The van der Waals surface area contributed by atoms with Gasteiger partial charge in [0.2, 0.25) is 17.0 Å². The van der Waals surface area contributed by atoms with E-state index in [1.54, 1.807) is 16.7 Å². The fourth-order valence-corrected chi connectivity index (χ4v) is 2.60. The normalized spacial score (nSPS) is 15.1. The highest BCUT2D eigenvalue weighted by molar-refractivity contribution is 7.99. The van der Waals surface area contributed by atoms with Gasteiger partial charge in [0.15, 0.2) is 0 Å².